The highest BCUT2D eigenvalue weighted by Gasteiger charge is 2.22. The molecular formula is C16H24N2O2. The topological polar surface area (TPSA) is 55.7 Å². The third kappa shape index (κ3) is 2.91. The summed E-state index contributed by atoms with van der Waals surface area (Å²) in [5.74, 6) is -0.00384. The molecule has 2 aliphatic heterocycles. The minimum Gasteiger partial charge on any atom is -0.504 e. The highest BCUT2D eigenvalue weighted by Crippen LogP contribution is 2.34. The second-order valence-electron chi connectivity index (χ2n) is 5.99. The summed E-state index contributed by atoms with van der Waals surface area (Å²) in [6, 6.07) is 3.75. The first-order chi connectivity index (χ1) is 9.74. The van der Waals surface area contributed by atoms with Crippen LogP contribution in [0.4, 0.5) is 0 Å². The number of piperidine rings is 1. The zero-order chi connectivity index (χ0) is 13.9. The molecule has 4 heteroatoms. The van der Waals surface area contributed by atoms with Gasteiger partial charge in [0.2, 0.25) is 0 Å². The van der Waals surface area contributed by atoms with Crippen LogP contribution in [0.5, 0.6) is 11.5 Å². The standard InChI is InChI=1S/C16H24N2O2/c19-15-10-12-4-6-17-14(13(12)11-16(15)20)5-9-18-7-2-1-3-8-18/h10-11,14,17,19-20H,1-9H2. The first-order valence-electron chi connectivity index (χ1n) is 7.74. The molecule has 110 valence electrons. The quantitative estimate of drug-likeness (QED) is 0.741. The third-order valence-corrected chi connectivity index (χ3v) is 4.58. The van der Waals surface area contributed by atoms with Gasteiger partial charge in [-0.2, -0.15) is 0 Å². The van der Waals surface area contributed by atoms with Crippen molar-refractivity contribution in [3.05, 3.63) is 23.3 Å². The molecule has 1 unspecified atom stereocenters. The average molecular weight is 276 g/mol. The fourth-order valence-electron chi connectivity index (χ4n) is 3.42. The Hall–Kier alpha value is -1.26. The average Bonchev–Trinajstić information content (AvgIpc) is 2.47. The number of hydrogen-bond donors (Lipinski definition) is 3. The van der Waals surface area contributed by atoms with Crippen molar-refractivity contribution in [1.29, 1.82) is 0 Å². The van der Waals surface area contributed by atoms with Crippen LogP contribution < -0.4 is 5.32 Å². The molecule has 0 amide bonds. The molecule has 3 rings (SSSR count). The maximum Gasteiger partial charge on any atom is 0.157 e. The molecule has 0 aliphatic carbocycles. The maximum atomic E-state index is 9.72. The van der Waals surface area contributed by atoms with Gasteiger partial charge < -0.3 is 20.4 Å². The largest absolute Gasteiger partial charge is 0.504 e. The Morgan fingerprint density at radius 3 is 2.65 bits per heavy atom. The van der Waals surface area contributed by atoms with Crippen molar-refractivity contribution in [1.82, 2.24) is 10.2 Å². The molecular weight excluding hydrogens is 252 g/mol. The van der Waals surface area contributed by atoms with Gasteiger partial charge in [-0.1, -0.05) is 6.42 Å². The Balaban J connectivity index is 1.68. The van der Waals surface area contributed by atoms with Gasteiger partial charge in [0.15, 0.2) is 11.5 Å². The maximum absolute atomic E-state index is 9.72. The van der Waals surface area contributed by atoms with Gasteiger partial charge in [0.25, 0.3) is 0 Å². The van der Waals surface area contributed by atoms with Crippen LogP contribution in [-0.2, 0) is 6.42 Å². The van der Waals surface area contributed by atoms with Gasteiger partial charge in [0.1, 0.15) is 0 Å². The number of aromatic hydroxyl groups is 2. The molecule has 1 atom stereocenters. The first kappa shape index (κ1) is 13.7. The molecule has 0 radical (unpaired) electrons. The van der Waals surface area contributed by atoms with E-state index in [0.29, 0.717) is 6.04 Å². The van der Waals surface area contributed by atoms with Gasteiger partial charge in [0, 0.05) is 6.04 Å². The molecule has 0 bridgehead atoms. The van der Waals surface area contributed by atoms with E-state index >= 15 is 0 Å². The predicted molar refractivity (Wildman–Crippen MR) is 79.1 cm³/mol. The second kappa shape index (κ2) is 6.02. The van der Waals surface area contributed by atoms with Crippen molar-refractivity contribution in [2.24, 2.45) is 0 Å². The third-order valence-electron chi connectivity index (χ3n) is 4.58. The summed E-state index contributed by atoms with van der Waals surface area (Å²) >= 11 is 0. The Labute approximate surface area is 120 Å². The van der Waals surface area contributed by atoms with Crippen LogP contribution in [0.1, 0.15) is 42.9 Å². The molecule has 20 heavy (non-hydrogen) atoms. The zero-order valence-electron chi connectivity index (χ0n) is 11.9. The van der Waals surface area contributed by atoms with Gasteiger partial charge in [-0.15, -0.1) is 0 Å². The zero-order valence-corrected chi connectivity index (χ0v) is 11.9. The van der Waals surface area contributed by atoms with Crippen LogP contribution in [-0.4, -0.2) is 41.3 Å². The van der Waals surface area contributed by atoms with Gasteiger partial charge in [-0.3, -0.25) is 0 Å². The monoisotopic (exact) mass is 276 g/mol. The van der Waals surface area contributed by atoms with E-state index in [0.717, 1.165) is 31.5 Å². The van der Waals surface area contributed by atoms with Crippen molar-refractivity contribution in [3.63, 3.8) is 0 Å². The normalized spacial score (nSPS) is 23.5. The minimum absolute atomic E-state index is 0.000399. The molecule has 0 spiro atoms. The van der Waals surface area contributed by atoms with Gasteiger partial charge in [-0.05, 0) is 75.1 Å². The molecule has 1 fully saturated rings. The summed E-state index contributed by atoms with van der Waals surface area (Å²) in [4.78, 5) is 2.54. The summed E-state index contributed by atoms with van der Waals surface area (Å²) < 4.78 is 0. The van der Waals surface area contributed by atoms with Crippen LogP contribution in [0.15, 0.2) is 12.1 Å². The number of hydrogen-bond acceptors (Lipinski definition) is 4. The van der Waals surface area contributed by atoms with E-state index in [1.165, 1.54) is 37.9 Å². The molecule has 4 nitrogen and oxygen atoms in total. The summed E-state index contributed by atoms with van der Waals surface area (Å²) in [5.41, 5.74) is 2.33. The van der Waals surface area contributed by atoms with Crippen molar-refractivity contribution >= 4 is 0 Å². The Bertz CT molecular complexity index is 470. The van der Waals surface area contributed by atoms with Crippen LogP contribution in [0.3, 0.4) is 0 Å². The summed E-state index contributed by atoms with van der Waals surface area (Å²) in [6.45, 7) is 4.50. The van der Waals surface area contributed by atoms with Gasteiger partial charge >= 0.3 is 0 Å². The number of likely N-dealkylation sites (tertiary alicyclic amines) is 1. The fourth-order valence-corrected chi connectivity index (χ4v) is 3.42. The first-order valence-corrected chi connectivity index (χ1v) is 7.74. The lowest BCUT2D eigenvalue weighted by Crippen LogP contribution is -2.35. The molecule has 2 heterocycles. The van der Waals surface area contributed by atoms with Crippen LogP contribution in [0.2, 0.25) is 0 Å². The number of rotatable bonds is 3. The number of fused-ring (bicyclic) bond motifs is 1. The van der Waals surface area contributed by atoms with Crippen LogP contribution in [0.25, 0.3) is 0 Å². The van der Waals surface area contributed by atoms with Crippen molar-refractivity contribution in [3.8, 4) is 11.5 Å². The summed E-state index contributed by atoms with van der Waals surface area (Å²) in [7, 11) is 0. The van der Waals surface area contributed by atoms with Gasteiger partial charge in [-0.25, -0.2) is 0 Å². The van der Waals surface area contributed by atoms with E-state index in [2.05, 4.69) is 10.2 Å². The SMILES string of the molecule is Oc1cc2c(cc1O)C(CCN1CCCCC1)NCC2. The Kier molecular flexibility index (Phi) is 4.13. The molecule has 0 aromatic heterocycles. The molecule has 3 N–H and O–H groups in total. The summed E-state index contributed by atoms with van der Waals surface area (Å²) in [5, 5.41) is 22.9. The molecule has 1 aromatic rings. The van der Waals surface area contributed by atoms with Crippen LogP contribution >= 0.6 is 0 Å². The lowest BCUT2D eigenvalue weighted by Gasteiger charge is -2.31. The van der Waals surface area contributed by atoms with Crippen molar-refractivity contribution < 1.29 is 10.2 Å². The highest BCUT2D eigenvalue weighted by molar-refractivity contribution is 5.47. The lowest BCUT2D eigenvalue weighted by atomic mass is 9.91. The predicted octanol–water partition coefficient (Wildman–Crippen LogP) is 2.16. The summed E-state index contributed by atoms with van der Waals surface area (Å²) in [6.07, 6.45) is 6.00. The molecule has 2 aliphatic rings. The number of phenols is 2. The van der Waals surface area contributed by atoms with E-state index in [-0.39, 0.29) is 11.5 Å². The number of nitrogens with zero attached hydrogens (tertiary/aromatic N) is 1. The fraction of sp³-hybridized carbons (Fsp3) is 0.625. The van der Waals surface area contributed by atoms with Crippen molar-refractivity contribution in [2.75, 3.05) is 26.2 Å². The number of benzene rings is 1. The van der Waals surface area contributed by atoms with Crippen LogP contribution in [0, 0.1) is 0 Å². The molecule has 0 saturated carbocycles. The Morgan fingerprint density at radius 1 is 1.10 bits per heavy atom. The van der Waals surface area contributed by atoms with Gasteiger partial charge in [0.05, 0.1) is 0 Å². The number of nitrogens with one attached hydrogen (secondary N) is 1. The highest BCUT2D eigenvalue weighted by atomic mass is 16.3. The molecule has 1 saturated heterocycles. The minimum atomic E-state index is -0.00424. The van der Waals surface area contributed by atoms with E-state index in [1.54, 1.807) is 12.1 Å². The van der Waals surface area contributed by atoms with Crippen molar-refractivity contribution in [2.45, 2.75) is 38.1 Å². The van der Waals surface area contributed by atoms with E-state index in [9.17, 15) is 10.2 Å². The van der Waals surface area contributed by atoms with E-state index in [4.69, 9.17) is 0 Å². The lowest BCUT2D eigenvalue weighted by molar-refractivity contribution is 0.216. The number of phenolic OH excluding ortho intramolecular Hbond substituents is 2. The Morgan fingerprint density at radius 2 is 1.85 bits per heavy atom. The van der Waals surface area contributed by atoms with E-state index < -0.39 is 0 Å². The second-order valence-corrected chi connectivity index (χ2v) is 5.99. The smallest absolute Gasteiger partial charge is 0.157 e. The van der Waals surface area contributed by atoms with E-state index in [1.807, 2.05) is 0 Å². The molecule has 1 aromatic carbocycles.